The molecule has 0 radical (unpaired) electrons. The Morgan fingerprint density at radius 2 is 1.88 bits per heavy atom. The van der Waals surface area contributed by atoms with E-state index < -0.39 is 5.24 Å². The molecule has 0 aliphatic heterocycles. The molecule has 0 atom stereocenters. The zero-order valence-electron chi connectivity index (χ0n) is 8.73. The molecule has 1 aromatic carbocycles. The first kappa shape index (κ1) is 13.6. The smallest absolute Gasteiger partial charge is 0.252 e. The van der Waals surface area contributed by atoms with Gasteiger partial charge in [0.1, 0.15) is 0 Å². The zero-order valence-corrected chi connectivity index (χ0v) is 11.0. The highest BCUT2D eigenvalue weighted by Crippen LogP contribution is 2.34. The Labute approximate surface area is 109 Å². The van der Waals surface area contributed by atoms with Gasteiger partial charge in [0.05, 0.1) is 16.7 Å². The molecule has 0 aromatic heterocycles. The summed E-state index contributed by atoms with van der Waals surface area (Å²) in [5, 5.41) is 0.00381. The first-order valence-electron chi connectivity index (χ1n) is 4.88. The second-order valence-corrected chi connectivity index (χ2v) is 4.40. The fourth-order valence-electron chi connectivity index (χ4n) is 1.13. The van der Waals surface area contributed by atoms with E-state index in [9.17, 15) is 4.79 Å². The predicted octanol–water partition coefficient (Wildman–Crippen LogP) is 4.55. The molecule has 16 heavy (non-hydrogen) atoms. The number of hydrogen-bond donors (Lipinski definition) is 0. The maximum atomic E-state index is 10.9. The van der Waals surface area contributed by atoms with Crippen molar-refractivity contribution in [3.8, 4) is 5.75 Å². The van der Waals surface area contributed by atoms with E-state index in [1.165, 1.54) is 12.1 Å². The fourth-order valence-corrected chi connectivity index (χ4v) is 1.84. The number of rotatable bonds is 5. The van der Waals surface area contributed by atoms with Crippen LogP contribution in [0.2, 0.25) is 10.0 Å². The lowest BCUT2D eigenvalue weighted by Crippen LogP contribution is -1.99. The molecule has 0 bridgehead atoms. The Balaban J connectivity index is 2.89. The normalized spacial score (nSPS) is 10.2. The van der Waals surface area contributed by atoms with Crippen molar-refractivity contribution in [3.05, 3.63) is 27.7 Å². The molecule has 0 aliphatic rings. The van der Waals surface area contributed by atoms with E-state index in [-0.39, 0.29) is 5.56 Å². The lowest BCUT2D eigenvalue weighted by molar-refractivity contribution is 0.108. The van der Waals surface area contributed by atoms with Crippen molar-refractivity contribution >= 4 is 40.0 Å². The Bertz CT molecular complexity index is 368. The molecule has 0 saturated heterocycles. The van der Waals surface area contributed by atoms with Crippen molar-refractivity contribution in [2.24, 2.45) is 0 Å². The first-order chi connectivity index (χ1) is 7.56. The third kappa shape index (κ3) is 3.55. The second-order valence-electron chi connectivity index (χ2n) is 3.24. The molecule has 0 spiro atoms. The van der Waals surface area contributed by atoms with Gasteiger partial charge in [-0.05, 0) is 30.2 Å². The molecule has 2 nitrogen and oxygen atoms in total. The van der Waals surface area contributed by atoms with E-state index in [4.69, 9.17) is 39.5 Å². The summed E-state index contributed by atoms with van der Waals surface area (Å²) in [6.07, 6.45) is 1.94. The maximum absolute atomic E-state index is 10.9. The number of hydrogen-bond acceptors (Lipinski definition) is 2. The molecule has 0 heterocycles. The van der Waals surface area contributed by atoms with E-state index >= 15 is 0 Å². The summed E-state index contributed by atoms with van der Waals surface area (Å²) in [5.74, 6) is 0.401. The van der Waals surface area contributed by atoms with Crippen LogP contribution in [0.1, 0.15) is 30.1 Å². The third-order valence-electron chi connectivity index (χ3n) is 1.97. The summed E-state index contributed by atoms with van der Waals surface area (Å²) in [4.78, 5) is 10.9. The van der Waals surface area contributed by atoms with Gasteiger partial charge < -0.3 is 4.74 Å². The number of carbonyl (C=O) groups excluding carboxylic acids is 1. The SMILES string of the molecule is CCCCOc1c(Cl)cc(C(=O)Cl)cc1Cl. The Morgan fingerprint density at radius 1 is 1.31 bits per heavy atom. The zero-order chi connectivity index (χ0) is 12.1. The van der Waals surface area contributed by atoms with Gasteiger partial charge in [-0.15, -0.1) is 0 Å². The largest absolute Gasteiger partial charge is 0.490 e. The fraction of sp³-hybridized carbons (Fsp3) is 0.364. The van der Waals surface area contributed by atoms with Crippen LogP contribution < -0.4 is 4.74 Å². The van der Waals surface area contributed by atoms with Gasteiger partial charge in [-0.3, -0.25) is 4.79 Å². The minimum absolute atomic E-state index is 0.263. The quantitative estimate of drug-likeness (QED) is 0.584. The predicted molar refractivity (Wildman–Crippen MR) is 67.0 cm³/mol. The molecular weight excluding hydrogens is 270 g/mol. The number of ether oxygens (including phenoxy) is 1. The summed E-state index contributed by atoms with van der Waals surface area (Å²) >= 11 is 17.2. The van der Waals surface area contributed by atoms with Gasteiger partial charge in [0.25, 0.3) is 5.24 Å². The van der Waals surface area contributed by atoms with Crippen LogP contribution in [0, 0.1) is 0 Å². The Hall–Kier alpha value is -0.440. The molecule has 0 N–H and O–H groups in total. The van der Waals surface area contributed by atoms with Gasteiger partial charge in [0, 0.05) is 5.56 Å². The molecule has 0 fully saturated rings. The van der Waals surface area contributed by atoms with Gasteiger partial charge in [0.15, 0.2) is 5.75 Å². The standard InChI is InChI=1S/C11H11Cl3O2/c1-2-3-4-16-10-8(12)5-7(11(14)15)6-9(10)13/h5-6H,2-4H2,1H3. The van der Waals surface area contributed by atoms with Crippen LogP contribution in [0.3, 0.4) is 0 Å². The average molecular weight is 282 g/mol. The van der Waals surface area contributed by atoms with Crippen molar-refractivity contribution in [3.63, 3.8) is 0 Å². The van der Waals surface area contributed by atoms with E-state index in [1.54, 1.807) is 0 Å². The highest BCUT2D eigenvalue weighted by atomic mass is 35.5. The highest BCUT2D eigenvalue weighted by molar-refractivity contribution is 6.68. The summed E-state index contributed by atoms with van der Waals surface area (Å²) < 4.78 is 5.42. The van der Waals surface area contributed by atoms with E-state index in [0.29, 0.717) is 22.4 Å². The monoisotopic (exact) mass is 280 g/mol. The van der Waals surface area contributed by atoms with Crippen LogP contribution in [0.15, 0.2) is 12.1 Å². The van der Waals surface area contributed by atoms with Crippen molar-refractivity contribution < 1.29 is 9.53 Å². The van der Waals surface area contributed by atoms with Gasteiger partial charge in [-0.25, -0.2) is 0 Å². The van der Waals surface area contributed by atoms with Crippen molar-refractivity contribution in [2.75, 3.05) is 6.61 Å². The van der Waals surface area contributed by atoms with Gasteiger partial charge >= 0.3 is 0 Å². The number of unbranched alkanes of at least 4 members (excludes halogenated alkanes) is 1. The van der Waals surface area contributed by atoms with Gasteiger partial charge in [-0.1, -0.05) is 36.5 Å². The minimum atomic E-state index is -0.594. The molecule has 88 valence electrons. The number of halogens is 3. The maximum Gasteiger partial charge on any atom is 0.252 e. The minimum Gasteiger partial charge on any atom is -0.490 e. The van der Waals surface area contributed by atoms with E-state index in [1.807, 2.05) is 0 Å². The Kier molecular flexibility index (Phi) is 5.39. The summed E-state index contributed by atoms with van der Waals surface area (Å²) in [7, 11) is 0. The van der Waals surface area contributed by atoms with Crippen LogP contribution in [-0.2, 0) is 0 Å². The van der Waals surface area contributed by atoms with Crippen LogP contribution in [0.5, 0.6) is 5.75 Å². The van der Waals surface area contributed by atoms with Crippen LogP contribution in [0.4, 0.5) is 0 Å². The van der Waals surface area contributed by atoms with Crippen molar-refractivity contribution in [1.29, 1.82) is 0 Å². The molecule has 0 aliphatic carbocycles. The molecule has 5 heteroatoms. The van der Waals surface area contributed by atoms with Gasteiger partial charge in [-0.2, -0.15) is 0 Å². The summed E-state index contributed by atoms with van der Waals surface area (Å²) in [6, 6.07) is 2.90. The lowest BCUT2D eigenvalue weighted by atomic mass is 10.2. The second kappa shape index (κ2) is 6.33. The molecule has 0 unspecified atom stereocenters. The van der Waals surface area contributed by atoms with E-state index in [2.05, 4.69) is 6.92 Å². The van der Waals surface area contributed by atoms with Crippen molar-refractivity contribution in [2.45, 2.75) is 19.8 Å². The summed E-state index contributed by atoms with van der Waals surface area (Å²) in [6.45, 7) is 2.60. The molecule has 0 saturated carbocycles. The molecular formula is C11H11Cl3O2. The molecule has 0 amide bonds. The molecule has 1 rings (SSSR count). The summed E-state index contributed by atoms with van der Waals surface area (Å²) in [5.41, 5.74) is 0.263. The highest BCUT2D eigenvalue weighted by Gasteiger charge is 2.12. The average Bonchev–Trinajstić information content (AvgIpc) is 2.21. The first-order valence-corrected chi connectivity index (χ1v) is 6.01. The lowest BCUT2D eigenvalue weighted by Gasteiger charge is -2.10. The number of benzene rings is 1. The van der Waals surface area contributed by atoms with Crippen molar-refractivity contribution in [1.82, 2.24) is 0 Å². The van der Waals surface area contributed by atoms with E-state index in [0.717, 1.165) is 12.8 Å². The van der Waals surface area contributed by atoms with Gasteiger partial charge in [0.2, 0.25) is 0 Å². The van der Waals surface area contributed by atoms with Crippen LogP contribution in [-0.4, -0.2) is 11.8 Å². The molecule has 1 aromatic rings. The topological polar surface area (TPSA) is 26.3 Å². The van der Waals surface area contributed by atoms with Crippen LogP contribution in [0.25, 0.3) is 0 Å². The number of carbonyl (C=O) groups is 1. The van der Waals surface area contributed by atoms with Crippen LogP contribution >= 0.6 is 34.8 Å². The Morgan fingerprint density at radius 3 is 2.31 bits per heavy atom. The third-order valence-corrected chi connectivity index (χ3v) is 2.75.